The van der Waals surface area contributed by atoms with E-state index in [9.17, 15) is 4.79 Å². The van der Waals surface area contributed by atoms with Gasteiger partial charge in [0.1, 0.15) is 0 Å². The van der Waals surface area contributed by atoms with Gasteiger partial charge in [0.2, 0.25) is 0 Å². The first kappa shape index (κ1) is 12.1. The van der Waals surface area contributed by atoms with Crippen LogP contribution in [0, 0.1) is 6.92 Å². The fourth-order valence-corrected chi connectivity index (χ4v) is 1.74. The third-order valence-electron chi connectivity index (χ3n) is 2.47. The summed E-state index contributed by atoms with van der Waals surface area (Å²) in [5.74, 6) is -1.22. The third-order valence-corrected chi connectivity index (χ3v) is 2.88. The Labute approximate surface area is 94.9 Å². The first-order chi connectivity index (χ1) is 7.06. The summed E-state index contributed by atoms with van der Waals surface area (Å²) in [6.45, 7) is 3.88. The first-order valence-electron chi connectivity index (χ1n) is 5.05. The van der Waals surface area contributed by atoms with Crippen LogP contribution in [-0.2, 0) is 4.79 Å². The zero-order chi connectivity index (χ0) is 11.4. The van der Waals surface area contributed by atoms with Crippen LogP contribution < -0.4 is 0 Å². The molecule has 0 radical (unpaired) electrons. The molecule has 15 heavy (non-hydrogen) atoms. The Hall–Kier alpha value is -1.02. The lowest BCUT2D eigenvalue weighted by Gasteiger charge is -2.12. The molecule has 1 atom stereocenters. The molecule has 0 aliphatic carbocycles. The van der Waals surface area contributed by atoms with Gasteiger partial charge in [-0.05, 0) is 30.5 Å². The highest BCUT2D eigenvalue weighted by Gasteiger charge is 2.18. The molecule has 2 nitrogen and oxygen atoms in total. The maximum absolute atomic E-state index is 11.0. The van der Waals surface area contributed by atoms with Gasteiger partial charge in [-0.2, -0.15) is 0 Å². The van der Waals surface area contributed by atoms with E-state index in [-0.39, 0.29) is 0 Å². The van der Waals surface area contributed by atoms with Crippen LogP contribution in [0.4, 0.5) is 0 Å². The molecule has 0 bridgehead atoms. The lowest BCUT2D eigenvalue weighted by molar-refractivity contribution is -0.139. The molecule has 1 rings (SSSR count). The second kappa shape index (κ2) is 5.17. The van der Waals surface area contributed by atoms with Gasteiger partial charge in [-0.1, -0.05) is 37.1 Å². The van der Waals surface area contributed by atoms with Gasteiger partial charge in [0.25, 0.3) is 0 Å². The van der Waals surface area contributed by atoms with Crippen LogP contribution in [0.25, 0.3) is 0 Å². The van der Waals surface area contributed by atoms with Crippen molar-refractivity contribution in [2.24, 2.45) is 0 Å². The topological polar surface area (TPSA) is 37.3 Å². The molecule has 0 fully saturated rings. The minimum atomic E-state index is -0.781. The van der Waals surface area contributed by atoms with E-state index in [1.54, 1.807) is 6.07 Å². The molecule has 0 spiro atoms. The van der Waals surface area contributed by atoms with Crippen LogP contribution in [-0.4, -0.2) is 11.1 Å². The van der Waals surface area contributed by atoms with Gasteiger partial charge in [-0.15, -0.1) is 0 Å². The molecule has 0 aromatic heterocycles. The van der Waals surface area contributed by atoms with E-state index in [0.29, 0.717) is 11.4 Å². The van der Waals surface area contributed by atoms with E-state index in [1.165, 1.54) is 0 Å². The monoisotopic (exact) mass is 226 g/mol. The first-order valence-corrected chi connectivity index (χ1v) is 5.43. The van der Waals surface area contributed by atoms with Gasteiger partial charge >= 0.3 is 5.97 Å². The summed E-state index contributed by atoms with van der Waals surface area (Å²) >= 11 is 5.97. The Morgan fingerprint density at radius 3 is 2.67 bits per heavy atom. The van der Waals surface area contributed by atoms with Crippen molar-refractivity contribution in [3.63, 3.8) is 0 Å². The molecule has 1 unspecified atom stereocenters. The van der Waals surface area contributed by atoms with Gasteiger partial charge in [0.15, 0.2) is 0 Å². The Morgan fingerprint density at radius 2 is 2.20 bits per heavy atom. The van der Waals surface area contributed by atoms with E-state index in [1.807, 2.05) is 26.0 Å². The highest BCUT2D eigenvalue weighted by molar-refractivity contribution is 6.31. The van der Waals surface area contributed by atoms with Gasteiger partial charge in [-0.3, -0.25) is 4.79 Å². The standard InChI is InChI=1S/C12H15ClO2/c1-3-4-10(12(14)15)9-6-5-8(2)11(13)7-9/h5-7,10H,3-4H2,1-2H3,(H,14,15). The zero-order valence-electron chi connectivity index (χ0n) is 8.96. The smallest absolute Gasteiger partial charge is 0.310 e. The van der Waals surface area contributed by atoms with E-state index in [2.05, 4.69) is 0 Å². The summed E-state index contributed by atoms with van der Waals surface area (Å²) in [7, 11) is 0. The predicted octanol–water partition coefficient (Wildman–Crippen LogP) is 3.62. The molecule has 1 aromatic rings. The number of carboxylic acid groups (broad SMARTS) is 1. The Morgan fingerprint density at radius 1 is 1.53 bits per heavy atom. The number of carbonyl (C=O) groups is 1. The quantitative estimate of drug-likeness (QED) is 0.852. The summed E-state index contributed by atoms with van der Waals surface area (Å²) < 4.78 is 0. The SMILES string of the molecule is CCCC(C(=O)O)c1ccc(C)c(Cl)c1. The van der Waals surface area contributed by atoms with E-state index >= 15 is 0 Å². The number of hydrogen-bond donors (Lipinski definition) is 1. The molecule has 0 saturated heterocycles. The highest BCUT2D eigenvalue weighted by atomic mass is 35.5. The summed E-state index contributed by atoms with van der Waals surface area (Å²) in [6.07, 6.45) is 1.50. The predicted molar refractivity (Wildman–Crippen MR) is 61.5 cm³/mol. The van der Waals surface area contributed by atoms with Crippen molar-refractivity contribution < 1.29 is 9.90 Å². The van der Waals surface area contributed by atoms with Crippen LogP contribution in [0.5, 0.6) is 0 Å². The number of hydrogen-bond acceptors (Lipinski definition) is 1. The van der Waals surface area contributed by atoms with Gasteiger partial charge < -0.3 is 5.11 Å². The normalized spacial score (nSPS) is 12.5. The molecular formula is C12H15ClO2. The van der Waals surface area contributed by atoms with E-state index in [4.69, 9.17) is 16.7 Å². The zero-order valence-corrected chi connectivity index (χ0v) is 9.71. The molecule has 0 heterocycles. The van der Waals surface area contributed by atoms with Crippen molar-refractivity contribution >= 4 is 17.6 Å². The van der Waals surface area contributed by atoms with Gasteiger partial charge in [-0.25, -0.2) is 0 Å². The third kappa shape index (κ3) is 2.96. The second-order valence-electron chi connectivity index (χ2n) is 3.69. The van der Waals surface area contributed by atoms with E-state index < -0.39 is 11.9 Å². The van der Waals surface area contributed by atoms with Gasteiger partial charge in [0, 0.05) is 5.02 Å². The molecule has 3 heteroatoms. The minimum Gasteiger partial charge on any atom is -0.481 e. The molecular weight excluding hydrogens is 212 g/mol. The van der Waals surface area contributed by atoms with Crippen LogP contribution in [0.15, 0.2) is 18.2 Å². The highest BCUT2D eigenvalue weighted by Crippen LogP contribution is 2.26. The van der Waals surface area contributed by atoms with Crippen molar-refractivity contribution in [1.82, 2.24) is 0 Å². The fraction of sp³-hybridized carbons (Fsp3) is 0.417. The average molecular weight is 227 g/mol. The number of aliphatic carboxylic acids is 1. The van der Waals surface area contributed by atoms with Crippen molar-refractivity contribution in [3.05, 3.63) is 34.3 Å². The number of halogens is 1. The number of benzene rings is 1. The molecule has 82 valence electrons. The summed E-state index contributed by atoms with van der Waals surface area (Å²) in [6, 6.07) is 5.46. The van der Waals surface area contributed by atoms with Crippen LogP contribution in [0.1, 0.15) is 36.8 Å². The van der Waals surface area contributed by atoms with Crippen LogP contribution in [0.3, 0.4) is 0 Å². The number of aryl methyl sites for hydroxylation is 1. The fourth-order valence-electron chi connectivity index (χ4n) is 1.55. The van der Waals surface area contributed by atoms with Crippen molar-refractivity contribution in [2.75, 3.05) is 0 Å². The van der Waals surface area contributed by atoms with Crippen LogP contribution >= 0.6 is 11.6 Å². The Bertz CT molecular complexity index is 361. The maximum Gasteiger partial charge on any atom is 0.310 e. The number of carboxylic acids is 1. The molecule has 0 aliphatic heterocycles. The molecule has 0 amide bonds. The largest absolute Gasteiger partial charge is 0.481 e. The molecule has 1 N–H and O–H groups in total. The lowest BCUT2D eigenvalue weighted by atomic mass is 9.94. The molecule has 0 saturated carbocycles. The Kier molecular flexibility index (Phi) is 4.15. The van der Waals surface area contributed by atoms with E-state index in [0.717, 1.165) is 17.5 Å². The van der Waals surface area contributed by atoms with Crippen molar-refractivity contribution in [3.8, 4) is 0 Å². The average Bonchev–Trinajstić information content (AvgIpc) is 2.18. The van der Waals surface area contributed by atoms with Gasteiger partial charge in [0.05, 0.1) is 5.92 Å². The lowest BCUT2D eigenvalue weighted by Crippen LogP contribution is -2.11. The molecule has 1 aromatic carbocycles. The summed E-state index contributed by atoms with van der Waals surface area (Å²) in [4.78, 5) is 11.0. The summed E-state index contributed by atoms with van der Waals surface area (Å²) in [5, 5.41) is 9.71. The maximum atomic E-state index is 11.0. The Balaban J connectivity index is 3.01. The van der Waals surface area contributed by atoms with Crippen molar-refractivity contribution in [2.45, 2.75) is 32.6 Å². The van der Waals surface area contributed by atoms with Crippen LogP contribution in [0.2, 0.25) is 5.02 Å². The summed E-state index contributed by atoms with van der Waals surface area (Å²) in [5.41, 5.74) is 1.76. The van der Waals surface area contributed by atoms with Crippen molar-refractivity contribution in [1.29, 1.82) is 0 Å². The molecule has 0 aliphatic rings. The second-order valence-corrected chi connectivity index (χ2v) is 4.10. The number of rotatable bonds is 4. The minimum absolute atomic E-state index is 0.437.